The minimum atomic E-state index is -4.44. The Bertz CT molecular complexity index is 676. The van der Waals surface area contributed by atoms with E-state index in [1.54, 1.807) is 18.2 Å². The Hall–Kier alpha value is -2.50. The van der Waals surface area contributed by atoms with E-state index in [0.29, 0.717) is 5.75 Å². The lowest BCUT2D eigenvalue weighted by molar-refractivity contribution is -0.137. The second kappa shape index (κ2) is 6.09. The number of hydrogen-bond acceptors (Lipinski definition) is 3. The van der Waals surface area contributed by atoms with Gasteiger partial charge in [-0.1, -0.05) is 6.07 Å². The Labute approximate surface area is 125 Å². The van der Waals surface area contributed by atoms with Gasteiger partial charge in [0.05, 0.1) is 18.2 Å². The monoisotopic (exact) mass is 310 g/mol. The van der Waals surface area contributed by atoms with Gasteiger partial charge in [0.15, 0.2) is 11.5 Å². The lowest BCUT2D eigenvalue weighted by atomic mass is 10.1. The number of methoxy groups -OCH3 is 1. The Morgan fingerprint density at radius 3 is 2.18 bits per heavy atom. The molecule has 0 heterocycles. The summed E-state index contributed by atoms with van der Waals surface area (Å²) in [5, 5.41) is 0. The predicted octanol–water partition coefficient (Wildman–Crippen LogP) is 4.24. The summed E-state index contributed by atoms with van der Waals surface area (Å²) in [6.07, 6.45) is -4.44. The van der Waals surface area contributed by atoms with Crippen molar-refractivity contribution in [2.24, 2.45) is 0 Å². The van der Waals surface area contributed by atoms with Gasteiger partial charge in [-0.3, -0.25) is 0 Å². The molecule has 0 N–H and O–H groups in total. The van der Waals surface area contributed by atoms with Crippen molar-refractivity contribution >= 4 is 5.97 Å². The van der Waals surface area contributed by atoms with Crippen molar-refractivity contribution in [3.63, 3.8) is 0 Å². The van der Waals surface area contributed by atoms with Gasteiger partial charge in [-0.25, -0.2) is 4.79 Å². The fourth-order valence-corrected chi connectivity index (χ4v) is 1.81. The fraction of sp³-hybridized carbons (Fsp3) is 0.188. The van der Waals surface area contributed by atoms with E-state index in [1.165, 1.54) is 7.11 Å². The number of esters is 1. The van der Waals surface area contributed by atoms with E-state index in [0.717, 1.165) is 29.8 Å². The van der Waals surface area contributed by atoms with Gasteiger partial charge >= 0.3 is 12.1 Å². The first-order valence-electron chi connectivity index (χ1n) is 6.35. The van der Waals surface area contributed by atoms with Gasteiger partial charge in [-0.2, -0.15) is 13.2 Å². The summed E-state index contributed by atoms with van der Waals surface area (Å²) in [7, 11) is 1.43. The van der Waals surface area contributed by atoms with Crippen molar-refractivity contribution in [3.8, 4) is 11.5 Å². The molecular formula is C16H13F3O3. The Balaban J connectivity index is 2.19. The van der Waals surface area contributed by atoms with Crippen LogP contribution in [-0.2, 0) is 6.18 Å². The number of aryl methyl sites for hydroxylation is 1. The van der Waals surface area contributed by atoms with Crippen LogP contribution in [0.15, 0.2) is 42.5 Å². The third kappa shape index (κ3) is 3.58. The molecule has 2 aromatic rings. The van der Waals surface area contributed by atoms with E-state index >= 15 is 0 Å². The molecule has 0 atom stereocenters. The molecule has 0 aliphatic rings. The van der Waals surface area contributed by atoms with Crippen molar-refractivity contribution < 1.29 is 27.4 Å². The van der Waals surface area contributed by atoms with Crippen LogP contribution in [0.5, 0.6) is 11.5 Å². The number of ether oxygens (including phenoxy) is 2. The summed E-state index contributed by atoms with van der Waals surface area (Å²) in [6.45, 7) is 1.85. The third-order valence-corrected chi connectivity index (χ3v) is 2.97. The smallest absolute Gasteiger partial charge is 0.416 e. The van der Waals surface area contributed by atoms with Gasteiger partial charge in [-0.15, -0.1) is 0 Å². The molecule has 0 saturated heterocycles. The zero-order valence-electron chi connectivity index (χ0n) is 11.9. The molecule has 22 heavy (non-hydrogen) atoms. The highest BCUT2D eigenvalue weighted by Gasteiger charge is 2.30. The number of alkyl halides is 3. The lowest BCUT2D eigenvalue weighted by Gasteiger charge is -2.10. The molecular weight excluding hydrogens is 297 g/mol. The number of benzene rings is 2. The minimum absolute atomic E-state index is 0.0237. The maximum absolute atomic E-state index is 12.5. The normalized spacial score (nSPS) is 11.1. The van der Waals surface area contributed by atoms with Crippen LogP contribution in [0, 0.1) is 6.92 Å². The molecule has 0 aliphatic heterocycles. The van der Waals surface area contributed by atoms with Crippen molar-refractivity contribution in [3.05, 3.63) is 59.2 Å². The van der Waals surface area contributed by atoms with Crippen LogP contribution in [0.4, 0.5) is 13.2 Å². The number of rotatable bonds is 3. The highest BCUT2D eigenvalue weighted by molar-refractivity contribution is 5.91. The molecule has 0 unspecified atom stereocenters. The molecule has 0 radical (unpaired) electrons. The minimum Gasteiger partial charge on any atom is -0.493 e. The molecule has 116 valence electrons. The molecule has 2 aromatic carbocycles. The van der Waals surface area contributed by atoms with E-state index in [9.17, 15) is 18.0 Å². The fourth-order valence-electron chi connectivity index (χ4n) is 1.81. The van der Waals surface area contributed by atoms with Crippen LogP contribution in [0.2, 0.25) is 0 Å². The van der Waals surface area contributed by atoms with Crippen LogP contribution in [-0.4, -0.2) is 13.1 Å². The number of hydrogen-bond donors (Lipinski definition) is 0. The third-order valence-electron chi connectivity index (χ3n) is 2.97. The van der Waals surface area contributed by atoms with Crippen molar-refractivity contribution in [2.75, 3.05) is 7.11 Å². The number of carbonyl (C=O) groups is 1. The van der Waals surface area contributed by atoms with Gasteiger partial charge in [0, 0.05) is 0 Å². The van der Waals surface area contributed by atoms with E-state index in [1.807, 2.05) is 6.92 Å². The molecule has 0 aromatic heterocycles. The first-order valence-corrected chi connectivity index (χ1v) is 6.35. The van der Waals surface area contributed by atoms with E-state index in [4.69, 9.17) is 9.47 Å². The first kappa shape index (κ1) is 15.9. The van der Waals surface area contributed by atoms with E-state index < -0.39 is 17.7 Å². The highest BCUT2D eigenvalue weighted by atomic mass is 19.4. The summed E-state index contributed by atoms with van der Waals surface area (Å²) >= 11 is 0. The van der Waals surface area contributed by atoms with Crippen LogP contribution in [0.3, 0.4) is 0 Å². The Morgan fingerprint density at radius 2 is 1.64 bits per heavy atom. The number of carbonyl (C=O) groups excluding carboxylic acids is 1. The summed E-state index contributed by atoms with van der Waals surface area (Å²) in [4.78, 5) is 12.0. The van der Waals surface area contributed by atoms with Crippen LogP contribution in [0.25, 0.3) is 0 Å². The second-order valence-electron chi connectivity index (χ2n) is 4.62. The van der Waals surface area contributed by atoms with Gasteiger partial charge in [0.1, 0.15) is 0 Å². The molecule has 0 bridgehead atoms. The van der Waals surface area contributed by atoms with Crippen LogP contribution in [0.1, 0.15) is 21.5 Å². The SMILES string of the molecule is COc1cc(C)ccc1OC(=O)c1ccc(C(F)(F)F)cc1. The van der Waals surface area contributed by atoms with Gasteiger partial charge in [0.2, 0.25) is 0 Å². The topological polar surface area (TPSA) is 35.5 Å². The van der Waals surface area contributed by atoms with Crippen molar-refractivity contribution in [2.45, 2.75) is 13.1 Å². The molecule has 6 heteroatoms. The van der Waals surface area contributed by atoms with Gasteiger partial charge in [0.25, 0.3) is 0 Å². The quantitative estimate of drug-likeness (QED) is 0.628. The molecule has 0 aliphatic carbocycles. The van der Waals surface area contributed by atoms with Gasteiger partial charge < -0.3 is 9.47 Å². The summed E-state index contributed by atoms with van der Waals surface area (Å²) < 4.78 is 47.7. The number of halogens is 3. The molecule has 0 fully saturated rings. The van der Waals surface area contributed by atoms with Crippen LogP contribution >= 0.6 is 0 Å². The van der Waals surface area contributed by atoms with E-state index in [2.05, 4.69) is 0 Å². The lowest BCUT2D eigenvalue weighted by Crippen LogP contribution is -2.11. The first-order chi connectivity index (χ1) is 10.3. The highest BCUT2D eigenvalue weighted by Crippen LogP contribution is 2.30. The standard InChI is InChI=1S/C16H13F3O3/c1-10-3-8-13(14(9-10)21-2)22-15(20)11-4-6-12(7-5-11)16(17,18)19/h3-9H,1-2H3. The van der Waals surface area contributed by atoms with Gasteiger partial charge in [-0.05, 0) is 48.9 Å². The molecule has 0 spiro atoms. The summed E-state index contributed by atoms with van der Waals surface area (Å²) in [5.41, 5.74) is 0.124. The molecule has 0 saturated carbocycles. The van der Waals surface area contributed by atoms with E-state index in [-0.39, 0.29) is 11.3 Å². The van der Waals surface area contributed by atoms with Crippen molar-refractivity contribution in [1.29, 1.82) is 0 Å². The zero-order valence-corrected chi connectivity index (χ0v) is 11.9. The maximum Gasteiger partial charge on any atom is 0.416 e. The summed E-state index contributed by atoms with van der Waals surface area (Å²) in [5.74, 6) is -0.172. The van der Waals surface area contributed by atoms with Crippen LogP contribution < -0.4 is 9.47 Å². The average Bonchev–Trinajstić information content (AvgIpc) is 2.48. The van der Waals surface area contributed by atoms with Crippen molar-refractivity contribution in [1.82, 2.24) is 0 Å². The molecule has 2 rings (SSSR count). The summed E-state index contributed by atoms with van der Waals surface area (Å²) in [6, 6.07) is 8.81. The molecule has 3 nitrogen and oxygen atoms in total. The predicted molar refractivity (Wildman–Crippen MR) is 74.1 cm³/mol. The average molecular weight is 310 g/mol. The molecule has 0 amide bonds. The second-order valence-corrected chi connectivity index (χ2v) is 4.62. The maximum atomic E-state index is 12.5. The Morgan fingerprint density at radius 1 is 1.00 bits per heavy atom. The Kier molecular flexibility index (Phi) is 4.40. The largest absolute Gasteiger partial charge is 0.493 e. The zero-order chi connectivity index (χ0) is 16.3.